The van der Waals surface area contributed by atoms with Crippen molar-refractivity contribution < 1.29 is 4.74 Å². The first-order chi connectivity index (χ1) is 11.8. The van der Waals surface area contributed by atoms with Gasteiger partial charge in [-0.05, 0) is 25.1 Å². The lowest BCUT2D eigenvalue weighted by Crippen LogP contribution is -2.17. The molecule has 1 aromatic carbocycles. The van der Waals surface area contributed by atoms with Gasteiger partial charge in [0.25, 0.3) is 0 Å². The second-order valence-electron chi connectivity index (χ2n) is 7.32. The van der Waals surface area contributed by atoms with E-state index in [0.29, 0.717) is 12.4 Å². The Hall–Kier alpha value is -2.47. The van der Waals surface area contributed by atoms with Gasteiger partial charge in [-0.1, -0.05) is 20.8 Å². The van der Waals surface area contributed by atoms with Gasteiger partial charge in [0.15, 0.2) is 5.82 Å². The number of rotatable bonds is 4. The number of hydrogen-bond acceptors (Lipinski definition) is 5. The van der Waals surface area contributed by atoms with Gasteiger partial charge in [-0.15, -0.1) is 0 Å². The molecule has 3 aromatic rings. The number of ether oxygens (including phenoxy) is 1. The Morgan fingerprint density at radius 1 is 1.12 bits per heavy atom. The summed E-state index contributed by atoms with van der Waals surface area (Å²) in [7, 11) is 3.70. The highest BCUT2D eigenvalue weighted by atomic mass is 16.5. The molecule has 0 atom stereocenters. The molecule has 1 N–H and O–H groups in total. The van der Waals surface area contributed by atoms with Crippen molar-refractivity contribution in [2.75, 3.05) is 12.4 Å². The smallest absolute Gasteiger partial charge is 0.156 e. The molecule has 25 heavy (non-hydrogen) atoms. The molecule has 6 nitrogen and oxygen atoms in total. The molecular formula is C19H25N5O. The topological polar surface area (TPSA) is 64.9 Å². The van der Waals surface area contributed by atoms with Crippen LogP contribution in [0, 0.1) is 6.92 Å². The molecule has 0 unspecified atom stereocenters. The van der Waals surface area contributed by atoms with Crippen LogP contribution in [-0.2, 0) is 23.8 Å². The van der Waals surface area contributed by atoms with E-state index in [-0.39, 0.29) is 5.41 Å². The van der Waals surface area contributed by atoms with E-state index >= 15 is 0 Å². The van der Waals surface area contributed by atoms with Crippen molar-refractivity contribution in [3.05, 3.63) is 41.6 Å². The number of benzene rings is 1. The number of fused-ring (bicyclic) bond motifs is 1. The van der Waals surface area contributed by atoms with Crippen molar-refractivity contribution >= 4 is 22.5 Å². The second kappa shape index (κ2) is 6.44. The normalized spacial score (nSPS) is 11.9. The zero-order chi connectivity index (χ0) is 18.2. The van der Waals surface area contributed by atoms with Gasteiger partial charge in [-0.25, -0.2) is 15.0 Å². The number of aromatic nitrogens is 4. The third-order valence-corrected chi connectivity index (χ3v) is 4.00. The summed E-state index contributed by atoms with van der Waals surface area (Å²) in [6.07, 6.45) is 0. The van der Waals surface area contributed by atoms with Gasteiger partial charge in [0.05, 0.1) is 11.0 Å². The minimum atomic E-state index is 0.000182. The Morgan fingerprint density at radius 3 is 2.56 bits per heavy atom. The first kappa shape index (κ1) is 17.4. The van der Waals surface area contributed by atoms with Gasteiger partial charge in [0.1, 0.15) is 18.2 Å². The number of nitrogens with one attached hydrogen (secondary N) is 1. The zero-order valence-corrected chi connectivity index (χ0v) is 15.7. The summed E-state index contributed by atoms with van der Waals surface area (Å²) in [6.45, 7) is 8.87. The predicted molar refractivity (Wildman–Crippen MR) is 100 cm³/mol. The van der Waals surface area contributed by atoms with Gasteiger partial charge in [-0.3, -0.25) is 0 Å². The number of nitrogens with zero attached hydrogens (tertiary/aromatic N) is 4. The van der Waals surface area contributed by atoms with E-state index in [1.807, 2.05) is 19.1 Å². The summed E-state index contributed by atoms with van der Waals surface area (Å²) >= 11 is 0. The molecule has 0 radical (unpaired) electrons. The van der Waals surface area contributed by atoms with Crippen LogP contribution in [0.25, 0.3) is 11.0 Å². The Morgan fingerprint density at radius 2 is 1.88 bits per heavy atom. The van der Waals surface area contributed by atoms with E-state index in [4.69, 9.17) is 9.72 Å². The van der Waals surface area contributed by atoms with Crippen LogP contribution in [-0.4, -0.2) is 26.6 Å². The molecule has 0 saturated heterocycles. The number of methoxy groups -OCH3 is 1. The summed E-state index contributed by atoms with van der Waals surface area (Å²) in [5.41, 5.74) is 3.95. The van der Waals surface area contributed by atoms with Gasteiger partial charge >= 0.3 is 0 Å². The van der Waals surface area contributed by atoms with Crippen LogP contribution in [0.5, 0.6) is 0 Å². The van der Waals surface area contributed by atoms with Crippen LogP contribution < -0.4 is 5.32 Å². The van der Waals surface area contributed by atoms with E-state index in [1.165, 1.54) is 0 Å². The fourth-order valence-corrected chi connectivity index (χ4v) is 2.98. The van der Waals surface area contributed by atoms with Crippen LogP contribution in [0.2, 0.25) is 0 Å². The fourth-order valence-electron chi connectivity index (χ4n) is 2.98. The number of hydrogen-bond donors (Lipinski definition) is 1. The fraction of sp³-hybridized carbons (Fsp3) is 0.421. The lowest BCUT2D eigenvalue weighted by Gasteiger charge is -2.17. The summed E-state index contributed by atoms with van der Waals surface area (Å²) < 4.78 is 7.29. The van der Waals surface area contributed by atoms with Crippen LogP contribution in [0.3, 0.4) is 0 Å². The Balaban J connectivity index is 1.95. The highest BCUT2D eigenvalue weighted by molar-refractivity contribution is 5.81. The molecule has 0 fully saturated rings. The van der Waals surface area contributed by atoms with E-state index in [9.17, 15) is 0 Å². The van der Waals surface area contributed by atoms with Crippen molar-refractivity contribution in [2.45, 2.75) is 39.7 Å². The first-order valence-electron chi connectivity index (χ1n) is 8.35. The van der Waals surface area contributed by atoms with E-state index in [1.54, 1.807) is 7.11 Å². The van der Waals surface area contributed by atoms with E-state index < -0.39 is 0 Å². The average Bonchev–Trinajstić information content (AvgIpc) is 2.84. The zero-order valence-electron chi connectivity index (χ0n) is 15.7. The third-order valence-electron chi connectivity index (χ3n) is 4.00. The summed E-state index contributed by atoms with van der Waals surface area (Å²) in [5, 5.41) is 3.35. The molecule has 0 aliphatic rings. The molecule has 3 rings (SSSR count). The van der Waals surface area contributed by atoms with Crippen LogP contribution in [0.4, 0.5) is 11.5 Å². The lowest BCUT2D eigenvalue weighted by molar-refractivity contribution is 0.177. The van der Waals surface area contributed by atoms with Gasteiger partial charge in [0.2, 0.25) is 0 Å². The van der Waals surface area contributed by atoms with Gasteiger partial charge in [-0.2, -0.15) is 0 Å². The molecule has 6 heteroatoms. The largest absolute Gasteiger partial charge is 0.377 e. The SMILES string of the molecule is COCc1nc(C)cc(Nc2ccc3c(c2)nc(C(C)(C)C)n3C)n1. The summed E-state index contributed by atoms with van der Waals surface area (Å²) in [5.74, 6) is 2.49. The monoisotopic (exact) mass is 339 g/mol. The van der Waals surface area contributed by atoms with Crippen molar-refractivity contribution in [3.8, 4) is 0 Å². The second-order valence-corrected chi connectivity index (χ2v) is 7.32. The van der Waals surface area contributed by atoms with Crippen LogP contribution >= 0.6 is 0 Å². The van der Waals surface area contributed by atoms with Gasteiger partial charge < -0.3 is 14.6 Å². The summed E-state index contributed by atoms with van der Waals surface area (Å²) in [6, 6.07) is 8.11. The Bertz CT molecular complexity index is 908. The van der Waals surface area contributed by atoms with E-state index in [0.717, 1.165) is 34.1 Å². The predicted octanol–water partition coefficient (Wildman–Crippen LogP) is 3.86. The maximum atomic E-state index is 5.13. The molecule has 0 amide bonds. The maximum absolute atomic E-state index is 5.13. The number of aryl methyl sites for hydroxylation is 2. The van der Waals surface area contributed by atoms with E-state index in [2.05, 4.69) is 59.8 Å². The molecule has 132 valence electrons. The molecule has 0 bridgehead atoms. The first-order valence-corrected chi connectivity index (χ1v) is 8.35. The quantitative estimate of drug-likeness (QED) is 0.782. The third kappa shape index (κ3) is 3.64. The molecule has 0 aliphatic heterocycles. The highest BCUT2D eigenvalue weighted by Gasteiger charge is 2.21. The molecular weight excluding hydrogens is 314 g/mol. The highest BCUT2D eigenvalue weighted by Crippen LogP contribution is 2.27. The van der Waals surface area contributed by atoms with Gasteiger partial charge in [0, 0.05) is 37.0 Å². The van der Waals surface area contributed by atoms with Crippen LogP contribution in [0.15, 0.2) is 24.3 Å². The Labute approximate surface area is 148 Å². The molecule has 0 aliphatic carbocycles. The van der Waals surface area contributed by atoms with Crippen LogP contribution in [0.1, 0.15) is 38.1 Å². The Kier molecular flexibility index (Phi) is 4.47. The van der Waals surface area contributed by atoms with Crippen molar-refractivity contribution in [3.63, 3.8) is 0 Å². The molecule has 0 spiro atoms. The number of imidazole rings is 1. The molecule has 0 saturated carbocycles. The number of anilines is 2. The molecule has 2 aromatic heterocycles. The summed E-state index contributed by atoms with van der Waals surface area (Å²) in [4.78, 5) is 13.7. The lowest BCUT2D eigenvalue weighted by atomic mass is 9.96. The average molecular weight is 339 g/mol. The van der Waals surface area contributed by atoms with Crippen molar-refractivity contribution in [1.82, 2.24) is 19.5 Å². The van der Waals surface area contributed by atoms with Crippen molar-refractivity contribution in [1.29, 1.82) is 0 Å². The minimum Gasteiger partial charge on any atom is -0.377 e. The maximum Gasteiger partial charge on any atom is 0.156 e. The minimum absolute atomic E-state index is 0.000182. The van der Waals surface area contributed by atoms with Crippen molar-refractivity contribution in [2.24, 2.45) is 7.05 Å². The standard InChI is InChI=1S/C19H25N5O/c1-12-9-16(23-17(20-12)11-25-6)21-13-7-8-15-14(10-13)22-18(24(15)5)19(2,3)4/h7-10H,11H2,1-6H3,(H,20,21,23). The molecule has 2 heterocycles.